The quantitative estimate of drug-likeness (QED) is 0.626. The summed E-state index contributed by atoms with van der Waals surface area (Å²) in [4.78, 5) is 12.1. The summed E-state index contributed by atoms with van der Waals surface area (Å²) in [5.41, 5.74) is 1.77. The molecule has 0 unspecified atom stereocenters. The first-order chi connectivity index (χ1) is 12.7. The fraction of sp³-hybridized carbons (Fsp3) is 0.176. The Labute approximate surface area is 159 Å². The number of thioether (sulfide) groups is 1. The van der Waals surface area contributed by atoms with Gasteiger partial charge >= 0.3 is 0 Å². The maximum atomic E-state index is 12.1. The maximum Gasteiger partial charge on any atom is 0.230 e. The molecule has 2 aromatic carbocycles. The minimum Gasteiger partial charge on any atom is -0.497 e. The van der Waals surface area contributed by atoms with Gasteiger partial charge in [0.15, 0.2) is 0 Å². The molecular formula is C17H16ClN5O2S. The number of aromatic nitrogens is 4. The van der Waals surface area contributed by atoms with Crippen molar-refractivity contribution in [2.75, 3.05) is 12.9 Å². The average Bonchev–Trinajstić information content (AvgIpc) is 3.14. The van der Waals surface area contributed by atoms with Gasteiger partial charge in [-0.25, -0.2) is 0 Å². The van der Waals surface area contributed by atoms with E-state index >= 15 is 0 Å². The van der Waals surface area contributed by atoms with Crippen molar-refractivity contribution in [3.8, 4) is 11.4 Å². The van der Waals surface area contributed by atoms with E-state index in [1.165, 1.54) is 11.8 Å². The summed E-state index contributed by atoms with van der Waals surface area (Å²) in [5, 5.41) is 15.6. The molecule has 1 heterocycles. The van der Waals surface area contributed by atoms with Crippen molar-refractivity contribution in [2.24, 2.45) is 0 Å². The number of ether oxygens (including phenoxy) is 1. The number of amides is 1. The third kappa shape index (κ3) is 4.74. The van der Waals surface area contributed by atoms with Crippen LogP contribution in [0.15, 0.2) is 53.7 Å². The molecule has 134 valence electrons. The van der Waals surface area contributed by atoms with E-state index < -0.39 is 0 Å². The molecule has 0 spiro atoms. The van der Waals surface area contributed by atoms with Gasteiger partial charge in [0, 0.05) is 11.6 Å². The minimum atomic E-state index is -0.100. The van der Waals surface area contributed by atoms with Gasteiger partial charge in [0.1, 0.15) is 5.75 Å². The predicted molar refractivity (Wildman–Crippen MR) is 99.7 cm³/mol. The fourth-order valence-corrected chi connectivity index (χ4v) is 2.99. The van der Waals surface area contributed by atoms with Gasteiger partial charge in [-0.1, -0.05) is 35.5 Å². The Hall–Kier alpha value is -2.58. The molecule has 0 aliphatic rings. The predicted octanol–water partition coefficient (Wildman–Crippen LogP) is 2.73. The lowest BCUT2D eigenvalue weighted by Crippen LogP contribution is -2.24. The second kappa shape index (κ2) is 8.68. The zero-order chi connectivity index (χ0) is 18.4. The van der Waals surface area contributed by atoms with Crippen LogP contribution in [0.5, 0.6) is 5.75 Å². The zero-order valence-electron chi connectivity index (χ0n) is 13.9. The molecule has 0 aliphatic carbocycles. The molecular weight excluding hydrogens is 374 g/mol. The Bertz CT molecular complexity index is 868. The zero-order valence-corrected chi connectivity index (χ0v) is 15.5. The molecule has 0 saturated heterocycles. The maximum absolute atomic E-state index is 12.1. The van der Waals surface area contributed by atoms with Gasteiger partial charge in [-0.15, -0.1) is 5.10 Å². The van der Waals surface area contributed by atoms with E-state index in [0.29, 0.717) is 16.7 Å². The number of benzene rings is 2. The number of carbonyl (C=O) groups is 1. The number of methoxy groups -OCH3 is 1. The SMILES string of the molecule is COc1ccc(CNC(=O)CSc2nnnn2-c2ccc(Cl)cc2)cc1. The number of hydrogen-bond donors (Lipinski definition) is 1. The van der Waals surface area contributed by atoms with Gasteiger partial charge in [-0.2, -0.15) is 4.68 Å². The lowest BCUT2D eigenvalue weighted by atomic mass is 10.2. The minimum absolute atomic E-state index is 0.100. The van der Waals surface area contributed by atoms with Crippen molar-refractivity contribution in [2.45, 2.75) is 11.7 Å². The summed E-state index contributed by atoms with van der Waals surface area (Å²) in [5.74, 6) is 0.894. The number of halogens is 1. The van der Waals surface area contributed by atoms with Gasteiger partial charge in [-0.05, 0) is 52.4 Å². The largest absolute Gasteiger partial charge is 0.497 e. The van der Waals surface area contributed by atoms with E-state index in [1.54, 1.807) is 23.9 Å². The van der Waals surface area contributed by atoms with E-state index in [2.05, 4.69) is 20.8 Å². The van der Waals surface area contributed by atoms with Crippen LogP contribution in [0.3, 0.4) is 0 Å². The Morgan fingerprint density at radius 1 is 1.19 bits per heavy atom. The van der Waals surface area contributed by atoms with E-state index in [9.17, 15) is 4.79 Å². The smallest absolute Gasteiger partial charge is 0.230 e. The molecule has 26 heavy (non-hydrogen) atoms. The summed E-state index contributed by atoms with van der Waals surface area (Å²) in [7, 11) is 1.62. The lowest BCUT2D eigenvalue weighted by molar-refractivity contribution is -0.118. The molecule has 3 aromatic rings. The van der Waals surface area contributed by atoms with Crippen LogP contribution in [0.25, 0.3) is 5.69 Å². The molecule has 9 heteroatoms. The summed E-state index contributed by atoms with van der Waals surface area (Å²) < 4.78 is 6.68. The van der Waals surface area contributed by atoms with Crippen LogP contribution in [0.4, 0.5) is 0 Å². The van der Waals surface area contributed by atoms with Crippen molar-refractivity contribution in [3.63, 3.8) is 0 Å². The molecule has 0 aliphatic heterocycles. The van der Waals surface area contributed by atoms with Crippen LogP contribution in [-0.2, 0) is 11.3 Å². The average molecular weight is 390 g/mol. The van der Waals surface area contributed by atoms with Crippen LogP contribution >= 0.6 is 23.4 Å². The van der Waals surface area contributed by atoms with Crippen LogP contribution < -0.4 is 10.1 Å². The van der Waals surface area contributed by atoms with Crippen LogP contribution in [-0.4, -0.2) is 39.0 Å². The van der Waals surface area contributed by atoms with Gasteiger partial charge in [0.2, 0.25) is 11.1 Å². The third-order valence-electron chi connectivity index (χ3n) is 3.49. The number of nitrogens with zero attached hydrogens (tertiary/aromatic N) is 4. The van der Waals surface area contributed by atoms with Gasteiger partial charge < -0.3 is 10.1 Å². The Morgan fingerprint density at radius 3 is 2.62 bits per heavy atom. The molecule has 1 aromatic heterocycles. The topological polar surface area (TPSA) is 81.9 Å². The summed E-state index contributed by atoms with van der Waals surface area (Å²) in [6.45, 7) is 0.450. The van der Waals surface area contributed by atoms with Crippen molar-refractivity contribution in [3.05, 3.63) is 59.1 Å². The van der Waals surface area contributed by atoms with Crippen LogP contribution in [0.2, 0.25) is 5.02 Å². The van der Waals surface area contributed by atoms with E-state index in [4.69, 9.17) is 16.3 Å². The third-order valence-corrected chi connectivity index (χ3v) is 4.66. The molecule has 1 amide bonds. The van der Waals surface area contributed by atoms with Crippen LogP contribution in [0.1, 0.15) is 5.56 Å². The summed E-state index contributed by atoms with van der Waals surface area (Å²) in [6.07, 6.45) is 0. The summed E-state index contributed by atoms with van der Waals surface area (Å²) in [6, 6.07) is 14.7. The molecule has 1 N–H and O–H groups in total. The van der Waals surface area contributed by atoms with Crippen LogP contribution in [0, 0.1) is 0 Å². The molecule has 0 radical (unpaired) electrons. The molecule has 0 saturated carbocycles. The highest BCUT2D eigenvalue weighted by molar-refractivity contribution is 7.99. The normalized spacial score (nSPS) is 10.5. The van der Waals surface area contributed by atoms with E-state index in [1.807, 2.05) is 36.4 Å². The Balaban J connectivity index is 1.53. The van der Waals surface area contributed by atoms with Gasteiger partial charge in [0.25, 0.3) is 0 Å². The van der Waals surface area contributed by atoms with Gasteiger partial charge in [-0.3, -0.25) is 4.79 Å². The first-order valence-corrected chi connectivity index (χ1v) is 9.09. The van der Waals surface area contributed by atoms with Gasteiger partial charge in [0.05, 0.1) is 18.6 Å². The second-order valence-corrected chi connectivity index (χ2v) is 6.64. The highest BCUT2D eigenvalue weighted by Gasteiger charge is 2.11. The first-order valence-electron chi connectivity index (χ1n) is 7.72. The number of rotatable bonds is 7. The standard InChI is InChI=1S/C17H16ClN5O2S/c1-25-15-8-2-12(3-9-15)10-19-16(24)11-26-17-20-21-22-23(17)14-6-4-13(18)5-7-14/h2-9H,10-11H2,1H3,(H,19,24). The number of hydrogen-bond acceptors (Lipinski definition) is 6. The van der Waals surface area contributed by atoms with E-state index in [-0.39, 0.29) is 11.7 Å². The molecule has 0 atom stereocenters. The van der Waals surface area contributed by atoms with Crippen molar-refractivity contribution < 1.29 is 9.53 Å². The number of tetrazole rings is 1. The van der Waals surface area contributed by atoms with Crippen molar-refractivity contribution >= 4 is 29.3 Å². The second-order valence-electron chi connectivity index (χ2n) is 5.26. The highest BCUT2D eigenvalue weighted by atomic mass is 35.5. The van der Waals surface area contributed by atoms with E-state index in [0.717, 1.165) is 17.0 Å². The molecule has 3 rings (SSSR count). The monoisotopic (exact) mass is 389 g/mol. The van der Waals surface area contributed by atoms with Crippen molar-refractivity contribution in [1.29, 1.82) is 0 Å². The Morgan fingerprint density at radius 2 is 1.92 bits per heavy atom. The lowest BCUT2D eigenvalue weighted by Gasteiger charge is -2.07. The Kier molecular flexibility index (Phi) is 6.08. The molecule has 7 nitrogen and oxygen atoms in total. The molecule has 0 fully saturated rings. The first kappa shape index (κ1) is 18.2. The number of carbonyl (C=O) groups excluding carboxylic acids is 1. The molecule has 0 bridgehead atoms. The highest BCUT2D eigenvalue weighted by Crippen LogP contribution is 2.19. The fourth-order valence-electron chi connectivity index (χ4n) is 2.14. The number of nitrogens with one attached hydrogen (secondary N) is 1. The summed E-state index contributed by atoms with van der Waals surface area (Å²) >= 11 is 7.16. The van der Waals surface area contributed by atoms with Crippen molar-refractivity contribution in [1.82, 2.24) is 25.5 Å².